The largest absolute Gasteiger partial charge is 0.313 e. The lowest BCUT2D eigenvalue weighted by Gasteiger charge is -2.23. The zero-order chi connectivity index (χ0) is 8.27. The van der Waals surface area contributed by atoms with Crippen LogP contribution in [0.5, 0.6) is 0 Å². The molecule has 0 aromatic carbocycles. The van der Waals surface area contributed by atoms with E-state index in [2.05, 4.69) is 17.6 Å². The van der Waals surface area contributed by atoms with Gasteiger partial charge in [0.05, 0.1) is 0 Å². The minimum atomic E-state index is 0.383. The third kappa shape index (κ3) is 3.16. The summed E-state index contributed by atoms with van der Waals surface area (Å²) in [6, 6.07) is 0.641. The van der Waals surface area contributed by atoms with Gasteiger partial charge in [0.2, 0.25) is 0 Å². The lowest BCUT2D eigenvalue weighted by atomic mass is 10.4. The van der Waals surface area contributed by atoms with E-state index in [1.165, 1.54) is 11.5 Å². The van der Waals surface area contributed by atoms with Crippen LogP contribution in [0.4, 0.5) is 0 Å². The Bertz CT molecular complexity index is 187. The SMILES string of the molecule is CC(=N)/C=S1/CCNC(C)C1. The topological polar surface area (TPSA) is 35.9 Å². The maximum Gasteiger partial charge on any atom is 0.0337 e. The fraction of sp³-hybridized carbons (Fsp3) is 0.750. The second-order valence-corrected chi connectivity index (χ2v) is 5.12. The summed E-state index contributed by atoms with van der Waals surface area (Å²) in [5.74, 6) is 2.44. The molecule has 1 saturated heterocycles. The Hall–Kier alpha value is -0.150. The summed E-state index contributed by atoms with van der Waals surface area (Å²) in [6.07, 6.45) is 0. The van der Waals surface area contributed by atoms with Gasteiger partial charge in [-0.05, 0) is 19.2 Å². The monoisotopic (exact) mass is 172 g/mol. The highest BCUT2D eigenvalue weighted by Crippen LogP contribution is 2.16. The maximum atomic E-state index is 7.33. The summed E-state index contributed by atoms with van der Waals surface area (Å²) in [5, 5.41) is 12.8. The van der Waals surface area contributed by atoms with E-state index < -0.39 is 0 Å². The van der Waals surface area contributed by atoms with Crippen LogP contribution in [0.15, 0.2) is 0 Å². The van der Waals surface area contributed by atoms with Gasteiger partial charge in [-0.1, -0.05) is 0 Å². The molecule has 0 aromatic rings. The molecule has 2 unspecified atom stereocenters. The van der Waals surface area contributed by atoms with Gasteiger partial charge in [0, 0.05) is 29.8 Å². The van der Waals surface area contributed by atoms with Crippen molar-refractivity contribution in [1.82, 2.24) is 5.32 Å². The second kappa shape index (κ2) is 4.02. The van der Waals surface area contributed by atoms with E-state index in [0.29, 0.717) is 16.5 Å². The number of hydrogen-bond donors (Lipinski definition) is 2. The molecular weight excluding hydrogens is 156 g/mol. The molecule has 1 fully saturated rings. The predicted molar refractivity (Wildman–Crippen MR) is 54.3 cm³/mol. The Morgan fingerprint density at radius 2 is 2.45 bits per heavy atom. The first-order valence-electron chi connectivity index (χ1n) is 3.98. The van der Waals surface area contributed by atoms with Crippen LogP contribution in [-0.4, -0.2) is 35.2 Å². The maximum absolute atomic E-state index is 7.33. The van der Waals surface area contributed by atoms with Crippen molar-refractivity contribution in [1.29, 1.82) is 5.41 Å². The third-order valence-electron chi connectivity index (χ3n) is 1.66. The molecule has 2 nitrogen and oxygen atoms in total. The van der Waals surface area contributed by atoms with Gasteiger partial charge in [-0.2, -0.15) is 10.5 Å². The zero-order valence-corrected chi connectivity index (χ0v) is 8.00. The lowest BCUT2D eigenvalue weighted by Crippen LogP contribution is -2.36. The number of hydrogen-bond acceptors (Lipinski definition) is 2. The molecule has 11 heavy (non-hydrogen) atoms. The Kier molecular flexibility index (Phi) is 3.27. The first kappa shape index (κ1) is 8.94. The van der Waals surface area contributed by atoms with E-state index >= 15 is 0 Å². The van der Waals surface area contributed by atoms with Crippen molar-refractivity contribution in [2.24, 2.45) is 0 Å². The summed E-state index contributed by atoms with van der Waals surface area (Å²) in [5.41, 5.74) is 0.724. The molecule has 0 bridgehead atoms. The highest BCUT2D eigenvalue weighted by Gasteiger charge is 2.09. The van der Waals surface area contributed by atoms with Crippen LogP contribution in [0, 0.1) is 5.41 Å². The molecule has 1 heterocycles. The van der Waals surface area contributed by atoms with Gasteiger partial charge in [0.25, 0.3) is 0 Å². The van der Waals surface area contributed by atoms with E-state index in [0.717, 1.165) is 12.3 Å². The van der Waals surface area contributed by atoms with Crippen molar-refractivity contribution in [3.8, 4) is 0 Å². The van der Waals surface area contributed by atoms with Gasteiger partial charge >= 0.3 is 0 Å². The Morgan fingerprint density at radius 3 is 3.00 bits per heavy atom. The van der Waals surface area contributed by atoms with Crippen molar-refractivity contribution < 1.29 is 0 Å². The summed E-state index contributed by atoms with van der Waals surface area (Å²) in [6.45, 7) is 5.19. The molecule has 64 valence electrons. The standard InChI is InChI=1S/C8H16N2S/c1-7(9)5-11-4-3-10-8(2)6-11/h5,8-10H,3-4,6H2,1-2H3. The van der Waals surface area contributed by atoms with Crippen LogP contribution >= 0.6 is 10.5 Å². The molecule has 2 N–H and O–H groups in total. The average Bonchev–Trinajstić information content (AvgIpc) is 1.85. The number of nitrogens with one attached hydrogen (secondary N) is 2. The normalized spacial score (nSPS) is 32.2. The predicted octanol–water partition coefficient (Wildman–Crippen LogP) is 1.09. The van der Waals surface area contributed by atoms with Gasteiger partial charge in [0.1, 0.15) is 0 Å². The molecule has 0 aromatic heterocycles. The van der Waals surface area contributed by atoms with Crippen molar-refractivity contribution in [2.45, 2.75) is 19.9 Å². The molecule has 3 heteroatoms. The van der Waals surface area contributed by atoms with Gasteiger partial charge in [-0.3, -0.25) is 0 Å². The Labute approximate surface area is 70.8 Å². The smallest absolute Gasteiger partial charge is 0.0337 e. The highest BCUT2D eigenvalue weighted by molar-refractivity contribution is 8.15. The van der Waals surface area contributed by atoms with Gasteiger partial charge in [0.15, 0.2) is 0 Å². The third-order valence-corrected chi connectivity index (χ3v) is 4.01. The first-order chi connectivity index (χ1) is 5.18. The minimum Gasteiger partial charge on any atom is -0.313 e. The molecule has 0 amide bonds. The van der Waals surface area contributed by atoms with Crippen molar-refractivity contribution in [2.75, 3.05) is 18.1 Å². The molecule has 0 saturated carbocycles. The number of rotatable bonds is 1. The van der Waals surface area contributed by atoms with Crippen LogP contribution in [0.1, 0.15) is 13.8 Å². The fourth-order valence-corrected chi connectivity index (χ4v) is 3.28. The summed E-state index contributed by atoms with van der Waals surface area (Å²) in [4.78, 5) is 0. The van der Waals surface area contributed by atoms with Crippen molar-refractivity contribution in [3.63, 3.8) is 0 Å². The van der Waals surface area contributed by atoms with E-state index in [4.69, 9.17) is 5.41 Å². The molecule has 0 radical (unpaired) electrons. The summed E-state index contributed by atoms with van der Waals surface area (Å²) < 4.78 is 0. The molecule has 1 aliphatic rings. The molecule has 0 aliphatic carbocycles. The van der Waals surface area contributed by atoms with Crippen molar-refractivity contribution >= 4 is 21.6 Å². The summed E-state index contributed by atoms with van der Waals surface area (Å²) >= 11 is 0. The quantitative estimate of drug-likeness (QED) is 0.451. The van der Waals surface area contributed by atoms with E-state index in [9.17, 15) is 0 Å². The zero-order valence-electron chi connectivity index (χ0n) is 7.18. The van der Waals surface area contributed by atoms with Crippen LogP contribution in [0.3, 0.4) is 0 Å². The van der Waals surface area contributed by atoms with Gasteiger partial charge in [-0.15, -0.1) is 0 Å². The van der Waals surface area contributed by atoms with Gasteiger partial charge in [-0.25, -0.2) is 0 Å². The highest BCUT2D eigenvalue weighted by atomic mass is 32.2. The molecular formula is C8H16N2S. The minimum absolute atomic E-state index is 0.383. The molecule has 2 atom stereocenters. The van der Waals surface area contributed by atoms with Crippen LogP contribution < -0.4 is 5.32 Å². The molecule has 1 aliphatic heterocycles. The van der Waals surface area contributed by atoms with Crippen LogP contribution in [0.25, 0.3) is 0 Å². The van der Waals surface area contributed by atoms with E-state index in [-0.39, 0.29) is 0 Å². The Morgan fingerprint density at radius 1 is 1.73 bits per heavy atom. The van der Waals surface area contributed by atoms with E-state index in [1.54, 1.807) is 0 Å². The lowest BCUT2D eigenvalue weighted by molar-refractivity contribution is 0.609. The van der Waals surface area contributed by atoms with Gasteiger partial charge < -0.3 is 10.7 Å². The average molecular weight is 172 g/mol. The van der Waals surface area contributed by atoms with Crippen molar-refractivity contribution in [3.05, 3.63) is 0 Å². The van der Waals surface area contributed by atoms with Crippen LogP contribution in [-0.2, 0) is 0 Å². The second-order valence-electron chi connectivity index (χ2n) is 3.06. The van der Waals surface area contributed by atoms with E-state index in [1.807, 2.05) is 6.92 Å². The fourth-order valence-electron chi connectivity index (χ4n) is 1.26. The summed E-state index contributed by atoms with van der Waals surface area (Å²) in [7, 11) is 0.383. The molecule has 1 rings (SSSR count). The van der Waals surface area contributed by atoms with Crippen LogP contribution in [0.2, 0.25) is 0 Å². The first-order valence-corrected chi connectivity index (χ1v) is 5.61. The molecule has 0 spiro atoms. The Balaban J connectivity index is 2.52.